The maximum atomic E-state index is 11.5. The highest BCUT2D eigenvalue weighted by Crippen LogP contribution is 2.15. The number of carbonyl (C=O) groups is 4. The Morgan fingerprint density at radius 1 is 1.00 bits per heavy atom. The van der Waals surface area contributed by atoms with Crippen molar-refractivity contribution in [3.05, 3.63) is 29.3 Å². The number of carboxylic acid groups (broad SMARTS) is 2. The number of benzene rings is 1. The fourth-order valence-electron chi connectivity index (χ4n) is 1.36. The highest BCUT2D eigenvalue weighted by atomic mass is 16.4. The number of amides is 2. The van der Waals surface area contributed by atoms with E-state index in [4.69, 9.17) is 10.2 Å². The molecule has 1 rings (SSSR count). The van der Waals surface area contributed by atoms with Crippen molar-refractivity contribution < 1.29 is 29.4 Å². The SMILES string of the molecule is CC(=O)NCC(=O)Nc1cc(C(=O)O)cc(C(=O)O)c1. The van der Waals surface area contributed by atoms with Crippen LogP contribution in [-0.2, 0) is 9.59 Å². The van der Waals surface area contributed by atoms with Crippen LogP contribution in [0.5, 0.6) is 0 Å². The normalized spacial score (nSPS) is 9.65. The van der Waals surface area contributed by atoms with Gasteiger partial charge in [0.15, 0.2) is 0 Å². The summed E-state index contributed by atoms with van der Waals surface area (Å²) in [5.74, 6) is -3.62. The molecule has 20 heavy (non-hydrogen) atoms. The minimum Gasteiger partial charge on any atom is -0.478 e. The number of carboxylic acids is 2. The Hall–Kier alpha value is -2.90. The van der Waals surface area contributed by atoms with Crippen molar-refractivity contribution in [3.63, 3.8) is 0 Å². The zero-order chi connectivity index (χ0) is 15.3. The van der Waals surface area contributed by atoms with Crippen molar-refractivity contribution in [2.75, 3.05) is 11.9 Å². The van der Waals surface area contributed by atoms with E-state index in [1.54, 1.807) is 0 Å². The maximum absolute atomic E-state index is 11.5. The van der Waals surface area contributed by atoms with Gasteiger partial charge in [-0.05, 0) is 18.2 Å². The summed E-state index contributed by atoms with van der Waals surface area (Å²) in [5, 5.41) is 22.3. The molecule has 0 atom stereocenters. The van der Waals surface area contributed by atoms with Crippen LogP contribution in [0.25, 0.3) is 0 Å². The molecule has 0 fully saturated rings. The molecular formula is C12H12N2O6. The van der Waals surface area contributed by atoms with Gasteiger partial charge in [-0.3, -0.25) is 9.59 Å². The molecule has 0 aromatic heterocycles. The zero-order valence-corrected chi connectivity index (χ0v) is 10.5. The molecule has 0 spiro atoms. The van der Waals surface area contributed by atoms with E-state index < -0.39 is 23.8 Å². The highest BCUT2D eigenvalue weighted by Gasteiger charge is 2.12. The average Bonchev–Trinajstić information content (AvgIpc) is 2.35. The average molecular weight is 280 g/mol. The van der Waals surface area contributed by atoms with Crippen molar-refractivity contribution >= 4 is 29.4 Å². The molecule has 8 heteroatoms. The van der Waals surface area contributed by atoms with Crippen molar-refractivity contribution in [1.82, 2.24) is 5.32 Å². The maximum Gasteiger partial charge on any atom is 0.335 e. The van der Waals surface area contributed by atoms with Gasteiger partial charge >= 0.3 is 11.9 Å². The van der Waals surface area contributed by atoms with E-state index in [0.29, 0.717) is 0 Å². The number of hydrogen-bond acceptors (Lipinski definition) is 4. The summed E-state index contributed by atoms with van der Waals surface area (Å²) in [7, 11) is 0. The standard InChI is InChI=1S/C12H12N2O6/c1-6(15)13-5-10(16)14-9-3-7(11(17)18)2-8(4-9)12(19)20/h2-4H,5H2,1H3,(H,13,15)(H,14,16)(H,17,18)(H,19,20). The van der Waals surface area contributed by atoms with Gasteiger partial charge < -0.3 is 20.8 Å². The van der Waals surface area contributed by atoms with Crippen molar-refractivity contribution in [1.29, 1.82) is 0 Å². The van der Waals surface area contributed by atoms with E-state index in [-0.39, 0.29) is 23.4 Å². The second-order valence-corrected chi connectivity index (χ2v) is 3.87. The van der Waals surface area contributed by atoms with E-state index in [1.807, 2.05) is 0 Å². The number of carbonyl (C=O) groups excluding carboxylic acids is 2. The first kappa shape index (κ1) is 15.2. The lowest BCUT2D eigenvalue weighted by molar-refractivity contribution is -0.122. The van der Waals surface area contributed by atoms with E-state index in [1.165, 1.54) is 6.92 Å². The summed E-state index contributed by atoms with van der Waals surface area (Å²) >= 11 is 0. The molecule has 4 N–H and O–H groups in total. The Morgan fingerprint density at radius 3 is 1.90 bits per heavy atom. The summed E-state index contributed by atoms with van der Waals surface area (Å²) in [6.45, 7) is 0.940. The van der Waals surface area contributed by atoms with E-state index in [2.05, 4.69) is 10.6 Å². The summed E-state index contributed by atoms with van der Waals surface area (Å²) in [6.07, 6.45) is 0. The van der Waals surface area contributed by atoms with Crippen LogP contribution in [0.15, 0.2) is 18.2 Å². The molecule has 0 unspecified atom stereocenters. The Labute approximate surface area is 113 Å². The van der Waals surface area contributed by atoms with E-state index in [9.17, 15) is 19.2 Å². The third-order valence-electron chi connectivity index (χ3n) is 2.21. The summed E-state index contributed by atoms with van der Waals surface area (Å²) < 4.78 is 0. The smallest absolute Gasteiger partial charge is 0.335 e. The summed E-state index contributed by atoms with van der Waals surface area (Å²) in [5.41, 5.74) is -0.503. The van der Waals surface area contributed by atoms with Crippen molar-refractivity contribution in [2.45, 2.75) is 6.92 Å². The number of hydrogen-bond donors (Lipinski definition) is 4. The predicted molar refractivity (Wildman–Crippen MR) is 67.7 cm³/mol. The lowest BCUT2D eigenvalue weighted by Gasteiger charge is -2.08. The Balaban J connectivity index is 2.94. The van der Waals surface area contributed by atoms with Gasteiger partial charge in [0.25, 0.3) is 0 Å². The van der Waals surface area contributed by atoms with Gasteiger partial charge in [0.2, 0.25) is 11.8 Å². The molecule has 0 aliphatic carbocycles. The topological polar surface area (TPSA) is 133 Å². The molecule has 0 radical (unpaired) electrons. The number of nitrogens with one attached hydrogen (secondary N) is 2. The Bertz CT molecular complexity index is 549. The van der Waals surface area contributed by atoms with Gasteiger partial charge in [-0.2, -0.15) is 0 Å². The van der Waals surface area contributed by atoms with Crippen molar-refractivity contribution in [2.24, 2.45) is 0 Å². The largest absolute Gasteiger partial charge is 0.478 e. The molecule has 2 amide bonds. The lowest BCUT2D eigenvalue weighted by atomic mass is 10.1. The summed E-state index contributed by atoms with van der Waals surface area (Å²) in [4.78, 5) is 43.8. The lowest BCUT2D eigenvalue weighted by Crippen LogP contribution is -2.31. The molecule has 0 saturated carbocycles. The predicted octanol–water partition coefficient (Wildman–Crippen LogP) is 0.158. The van der Waals surface area contributed by atoms with E-state index in [0.717, 1.165) is 18.2 Å². The van der Waals surface area contributed by atoms with Gasteiger partial charge in [-0.25, -0.2) is 9.59 Å². The van der Waals surface area contributed by atoms with Gasteiger partial charge in [-0.15, -0.1) is 0 Å². The minimum atomic E-state index is -1.31. The fourth-order valence-corrected chi connectivity index (χ4v) is 1.36. The second-order valence-electron chi connectivity index (χ2n) is 3.87. The number of rotatable bonds is 5. The second kappa shape index (κ2) is 6.32. The molecule has 1 aromatic carbocycles. The third-order valence-corrected chi connectivity index (χ3v) is 2.21. The van der Waals surface area contributed by atoms with Crippen LogP contribution in [0.1, 0.15) is 27.6 Å². The van der Waals surface area contributed by atoms with Gasteiger partial charge in [0.05, 0.1) is 17.7 Å². The first-order valence-corrected chi connectivity index (χ1v) is 5.45. The van der Waals surface area contributed by atoms with Gasteiger partial charge in [-0.1, -0.05) is 0 Å². The van der Waals surface area contributed by atoms with Crippen LogP contribution >= 0.6 is 0 Å². The van der Waals surface area contributed by atoms with Gasteiger partial charge in [0.1, 0.15) is 0 Å². The van der Waals surface area contributed by atoms with Crippen molar-refractivity contribution in [3.8, 4) is 0 Å². The van der Waals surface area contributed by atoms with E-state index >= 15 is 0 Å². The molecule has 0 saturated heterocycles. The molecule has 0 aliphatic rings. The van der Waals surface area contributed by atoms with Gasteiger partial charge in [0, 0.05) is 12.6 Å². The first-order valence-electron chi connectivity index (χ1n) is 5.45. The zero-order valence-electron chi connectivity index (χ0n) is 10.5. The Kier molecular flexibility index (Phi) is 4.79. The molecule has 0 aliphatic heterocycles. The number of aromatic carboxylic acids is 2. The quantitative estimate of drug-likeness (QED) is 0.607. The molecule has 0 heterocycles. The monoisotopic (exact) mass is 280 g/mol. The molecule has 1 aromatic rings. The Morgan fingerprint density at radius 2 is 1.50 bits per heavy atom. The summed E-state index contributed by atoms with van der Waals surface area (Å²) in [6, 6.07) is 3.23. The van der Waals surface area contributed by atoms with Crippen LogP contribution < -0.4 is 10.6 Å². The van der Waals surface area contributed by atoms with Crippen LogP contribution in [0.4, 0.5) is 5.69 Å². The number of anilines is 1. The van der Waals surface area contributed by atoms with Crippen LogP contribution in [-0.4, -0.2) is 40.5 Å². The first-order chi connectivity index (χ1) is 9.29. The fraction of sp³-hybridized carbons (Fsp3) is 0.167. The third kappa shape index (κ3) is 4.41. The van der Waals surface area contributed by atoms with Crippen LogP contribution in [0.2, 0.25) is 0 Å². The van der Waals surface area contributed by atoms with Crippen LogP contribution in [0.3, 0.4) is 0 Å². The highest BCUT2D eigenvalue weighted by molar-refractivity contribution is 5.99. The van der Waals surface area contributed by atoms with Crippen LogP contribution in [0, 0.1) is 0 Å². The molecular weight excluding hydrogens is 268 g/mol. The molecule has 8 nitrogen and oxygen atoms in total. The molecule has 0 bridgehead atoms. The molecule has 106 valence electrons. The minimum absolute atomic E-state index is 0.0256.